The van der Waals surface area contributed by atoms with Gasteiger partial charge in [-0.2, -0.15) is 5.10 Å². The fourth-order valence-corrected chi connectivity index (χ4v) is 6.40. The van der Waals surface area contributed by atoms with Crippen molar-refractivity contribution in [1.29, 1.82) is 0 Å². The van der Waals surface area contributed by atoms with Crippen molar-refractivity contribution in [3.05, 3.63) is 113 Å². The third-order valence-corrected chi connectivity index (χ3v) is 8.69. The molecular weight excluding hydrogens is 672 g/mol. The minimum Gasteiger partial charge on any atom is -0.444 e. The number of carbonyl (C=O) groups is 4. The molecule has 0 spiro atoms. The highest BCUT2D eigenvalue weighted by Gasteiger charge is 2.35. The Hall–Kier alpha value is -6.08. The number of imide groups is 1. The van der Waals surface area contributed by atoms with E-state index in [-0.39, 0.29) is 41.9 Å². The number of anilines is 1. The van der Waals surface area contributed by atoms with Crippen molar-refractivity contribution < 1.29 is 23.9 Å². The molecule has 3 aromatic carbocycles. The highest BCUT2D eigenvalue weighted by molar-refractivity contribution is 6.36. The molecular formula is C37H33ClN8O5. The summed E-state index contributed by atoms with van der Waals surface area (Å²) < 4.78 is 8.47. The Balaban J connectivity index is 1.21. The van der Waals surface area contributed by atoms with Crippen LogP contribution in [0, 0.1) is 0 Å². The number of hydrogen-bond donors (Lipinski definition) is 2. The van der Waals surface area contributed by atoms with Crippen LogP contribution in [0.5, 0.6) is 0 Å². The van der Waals surface area contributed by atoms with Gasteiger partial charge >= 0.3 is 6.09 Å². The maximum absolute atomic E-state index is 14.0. The first-order valence-electron chi connectivity index (χ1n) is 16.2. The van der Waals surface area contributed by atoms with E-state index in [0.29, 0.717) is 32.6 Å². The van der Waals surface area contributed by atoms with E-state index in [2.05, 4.69) is 20.7 Å². The molecule has 13 nitrogen and oxygen atoms in total. The quantitative estimate of drug-likeness (QED) is 0.170. The van der Waals surface area contributed by atoms with Crippen molar-refractivity contribution in [2.75, 3.05) is 11.9 Å². The number of rotatable bonds is 8. The number of benzene rings is 3. The van der Waals surface area contributed by atoms with E-state index in [9.17, 15) is 19.2 Å². The SMILES string of the molecule is CC(NC(=O)c1c(NC(=O)OC(C)(C)C)nn2cccnc12)c1cc(Cl)c2cn(CCN3C(=O)c4ccccc4C3=O)nc2c1-c1ccccc1. The Kier molecular flexibility index (Phi) is 8.51. The molecule has 7 rings (SSSR count). The van der Waals surface area contributed by atoms with E-state index >= 15 is 0 Å². The third-order valence-electron chi connectivity index (χ3n) is 8.38. The van der Waals surface area contributed by atoms with Crippen LogP contribution in [0.3, 0.4) is 0 Å². The van der Waals surface area contributed by atoms with Gasteiger partial charge in [-0.05, 0) is 63.1 Å². The molecule has 3 aromatic heterocycles. The Morgan fingerprint density at radius 1 is 0.941 bits per heavy atom. The largest absolute Gasteiger partial charge is 0.444 e. The number of amides is 4. The second-order valence-corrected chi connectivity index (χ2v) is 13.5. The molecule has 1 aliphatic rings. The van der Waals surface area contributed by atoms with E-state index in [1.54, 1.807) is 74.2 Å². The first-order chi connectivity index (χ1) is 24.4. The summed E-state index contributed by atoms with van der Waals surface area (Å²) in [5.41, 5.74) is 3.14. The summed E-state index contributed by atoms with van der Waals surface area (Å²) in [7, 11) is 0. The number of aromatic nitrogens is 5. The number of nitrogens with zero attached hydrogens (tertiary/aromatic N) is 6. The second-order valence-electron chi connectivity index (χ2n) is 13.1. The molecule has 1 aliphatic heterocycles. The van der Waals surface area contributed by atoms with E-state index in [4.69, 9.17) is 21.4 Å². The molecule has 4 amide bonds. The molecule has 0 radical (unpaired) electrons. The number of halogens is 1. The summed E-state index contributed by atoms with van der Waals surface area (Å²) >= 11 is 6.89. The molecule has 0 saturated carbocycles. The fourth-order valence-electron chi connectivity index (χ4n) is 6.14. The van der Waals surface area contributed by atoms with Crippen molar-refractivity contribution in [1.82, 2.24) is 34.6 Å². The van der Waals surface area contributed by atoms with E-state index in [1.165, 1.54) is 15.6 Å². The van der Waals surface area contributed by atoms with Crippen LogP contribution < -0.4 is 10.6 Å². The van der Waals surface area contributed by atoms with Gasteiger partial charge in [0.25, 0.3) is 17.7 Å². The summed E-state index contributed by atoms with van der Waals surface area (Å²) in [6, 6.07) is 19.2. The minimum absolute atomic E-state index is 0.0128. The van der Waals surface area contributed by atoms with Gasteiger partial charge < -0.3 is 10.1 Å². The highest BCUT2D eigenvalue weighted by Crippen LogP contribution is 2.39. The lowest BCUT2D eigenvalue weighted by atomic mass is 9.93. The molecule has 0 saturated heterocycles. The Labute approximate surface area is 297 Å². The monoisotopic (exact) mass is 704 g/mol. The van der Waals surface area contributed by atoms with Gasteiger partial charge in [0.05, 0.1) is 28.7 Å². The van der Waals surface area contributed by atoms with Crippen LogP contribution in [-0.4, -0.2) is 65.2 Å². The zero-order valence-electron chi connectivity index (χ0n) is 28.2. The first-order valence-corrected chi connectivity index (χ1v) is 16.6. The molecule has 4 heterocycles. The van der Waals surface area contributed by atoms with Crippen molar-refractivity contribution in [3.8, 4) is 11.1 Å². The predicted octanol–water partition coefficient (Wildman–Crippen LogP) is 6.53. The number of fused-ring (bicyclic) bond motifs is 3. The Bertz CT molecular complexity index is 2330. The number of carbonyl (C=O) groups excluding carboxylic acids is 4. The normalized spacial score (nSPS) is 13.5. The standard InChI is InChI=1S/C37H33ClN8O5/c1-21(40-33(47)29-31(41-36(50)51-37(2,3)4)43-46-16-10-15-39-32(29)46)25-19-27(38)26-20-44(42-30(26)28(25)22-11-6-5-7-12-22)17-18-45-34(48)23-13-8-9-14-24(23)35(45)49/h5-16,19-21H,17-18H2,1-4H3,(H,40,47)(H,41,43,50). The maximum Gasteiger partial charge on any atom is 0.413 e. The Morgan fingerprint density at radius 2 is 1.63 bits per heavy atom. The van der Waals surface area contributed by atoms with Crippen LogP contribution in [0.15, 0.2) is 85.3 Å². The zero-order chi connectivity index (χ0) is 36.0. The van der Waals surface area contributed by atoms with Crippen LogP contribution in [0.25, 0.3) is 27.7 Å². The summed E-state index contributed by atoms with van der Waals surface area (Å²) in [6.07, 6.45) is 4.17. The molecule has 51 heavy (non-hydrogen) atoms. The first kappa shape index (κ1) is 33.4. The highest BCUT2D eigenvalue weighted by atomic mass is 35.5. The van der Waals surface area contributed by atoms with Gasteiger partial charge in [0.1, 0.15) is 16.7 Å². The molecule has 258 valence electrons. The molecule has 0 aliphatic carbocycles. The average Bonchev–Trinajstić information content (AvgIpc) is 3.75. The molecule has 14 heteroatoms. The van der Waals surface area contributed by atoms with Crippen LogP contribution in [0.4, 0.5) is 10.6 Å². The molecule has 6 aromatic rings. The third kappa shape index (κ3) is 6.39. The predicted molar refractivity (Wildman–Crippen MR) is 191 cm³/mol. The second kappa shape index (κ2) is 13.0. The lowest BCUT2D eigenvalue weighted by Gasteiger charge is -2.20. The number of nitrogens with one attached hydrogen (secondary N) is 2. The summed E-state index contributed by atoms with van der Waals surface area (Å²) in [4.78, 5) is 58.2. The van der Waals surface area contributed by atoms with Crippen molar-refractivity contribution in [2.45, 2.75) is 45.9 Å². The molecule has 0 bridgehead atoms. The summed E-state index contributed by atoms with van der Waals surface area (Å²) in [6.45, 7) is 7.37. The smallest absolute Gasteiger partial charge is 0.413 e. The van der Waals surface area contributed by atoms with Crippen molar-refractivity contribution in [2.24, 2.45) is 0 Å². The molecule has 0 fully saturated rings. The van der Waals surface area contributed by atoms with Gasteiger partial charge in [-0.3, -0.25) is 29.3 Å². The van der Waals surface area contributed by atoms with Gasteiger partial charge in [-0.25, -0.2) is 14.3 Å². The van der Waals surface area contributed by atoms with E-state index in [1.807, 2.05) is 37.3 Å². The van der Waals surface area contributed by atoms with Crippen LogP contribution in [0.2, 0.25) is 5.02 Å². The fraction of sp³-hybridized carbons (Fsp3) is 0.216. The lowest BCUT2D eigenvalue weighted by molar-refractivity contribution is 0.0626. The Morgan fingerprint density at radius 3 is 2.31 bits per heavy atom. The lowest BCUT2D eigenvalue weighted by Crippen LogP contribution is -2.33. The van der Waals surface area contributed by atoms with Crippen molar-refractivity contribution >= 4 is 57.8 Å². The van der Waals surface area contributed by atoms with Gasteiger partial charge in [0, 0.05) is 36.1 Å². The van der Waals surface area contributed by atoms with Gasteiger partial charge in [0.15, 0.2) is 11.5 Å². The molecule has 1 atom stereocenters. The van der Waals surface area contributed by atoms with Crippen LogP contribution in [0.1, 0.15) is 70.4 Å². The number of ether oxygens (including phenoxy) is 1. The van der Waals surface area contributed by atoms with Gasteiger partial charge in [-0.1, -0.05) is 54.1 Å². The zero-order valence-corrected chi connectivity index (χ0v) is 28.9. The van der Waals surface area contributed by atoms with Crippen molar-refractivity contribution in [3.63, 3.8) is 0 Å². The topological polar surface area (TPSA) is 153 Å². The van der Waals surface area contributed by atoms with Gasteiger partial charge in [-0.15, -0.1) is 5.10 Å². The van der Waals surface area contributed by atoms with E-state index < -0.39 is 23.6 Å². The summed E-state index contributed by atoms with van der Waals surface area (Å²) in [5, 5.41) is 16.0. The van der Waals surface area contributed by atoms with Crippen LogP contribution in [-0.2, 0) is 11.3 Å². The number of hydrogen-bond acceptors (Lipinski definition) is 8. The van der Waals surface area contributed by atoms with Crippen LogP contribution >= 0.6 is 11.6 Å². The summed E-state index contributed by atoms with van der Waals surface area (Å²) in [5.74, 6) is -1.23. The van der Waals surface area contributed by atoms with E-state index in [0.717, 1.165) is 11.1 Å². The minimum atomic E-state index is -0.772. The van der Waals surface area contributed by atoms with Gasteiger partial charge in [0.2, 0.25) is 0 Å². The maximum atomic E-state index is 14.0. The average molecular weight is 705 g/mol. The molecule has 2 N–H and O–H groups in total. The molecule has 1 unspecified atom stereocenters.